The van der Waals surface area contributed by atoms with E-state index in [9.17, 15) is 14.0 Å². The van der Waals surface area contributed by atoms with Gasteiger partial charge in [0.25, 0.3) is 5.91 Å². The summed E-state index contributed by atoms with van der Waals surface area (Å²) in [7, 11) is 0. The smallest absolute Gasteiger partial charge is 0.255 e. The van der Waals surface area contributed by atoms with Crippen molar-refractivity contribution in [3.63, 3.8) is 0 Å². The van der Waals surface area contributed by atoms with Crippen LogP contribution in [0, 0.1) is 5.82 Å². The fourth-order valence-electron chi connectivity index (χ4n) is 2.68. The maximum Gasteiger partial charge on any atom is 0.255 e. The van der Waals surface area contributed by atoms with Crippen LogP contribution in [0.1, 0.15) is 20.7 Å². The van der Waals surface area contributed by atoms with E-state index in [1.165, 1.54) is 47.4 Å². The zero-order chi connectivity index (χ0) is 20.2. The third-order valence-corrected chi connectivity index (χ3v) is 6.32. The monoisotopic (exact) mass is 422 g/mol. The number of thioether (sulfide) groups is 1. The molecule has 0 aliphatic heterocycles. The van der Waals surface area contributed by atoms with Crippen LogP contribution in [0.5, 0.6) is 0 Å². The lowest BCUT2D eigenvalue weighted by atomic mass is 10.2. The lowest BCUT2D eigenvalue weighted by Gasteiger charge is -2.05. The molecule has 3 aromatic carbocycles. The van der Waals surface area contributed by atoms with Gasteiger partial charge in [-0.25, -0.2) is 9.37 Å². The molecule has 0 atom stereocenters. The maximum absolute atomic E-state index is 13.0. The Hall–Kier alpha value is -3.03. The van der Waals surface area contributed by atoms with Crippen LogP contribution in [0.25, 0.3) is 10.2 Å². The first-order chi connectivity index (χ1) is 14.1. The van der Waals surface area contributed by atoms with Crippen molar-refractivity contribution in [1.29, 1.82) is 0 Å². The minimum Gasteiger partial charge on any atom is -0.322 e. The second-order valence-electron chi connectivity index (χ2n) is 6.20. The predicted molar refractivity (Wildman–Crippen MR) is 115 cm³/mol. The molecule has 0 bridgehead atoms. The van der Waals surface area contributed by atoms with Gasteiger partial charge < -0.3 is 5.32 Å². The summed E-state index contributed by atoms with van der Waals surface area (Å²) in [6.07, 6.45) is 0. The number of benzene rings is 3. The molecule has 1 N–H and O–H groups in total. The van der Waals surface area contributed by atoms with Crippen molar-refractivity contribution in [1.82, 2.24) is 4.98 Å². The highest BCUT2D eigenvalue weighted by Crippen LogP contribution is 2.31. The van der Waals surface area contributed by atoms with Gasteiger partial charge in [0, 0.05) is 16.8 Å². The number of carbonyl (C=O) groups excluding carboxylic acids is 2. The third-order valence-electron chi connectivity index (χ3n) is 4.16. The Balaban J connectivity index is 1.44. The van der Waals surface area contributed by atoms with Crippen LogP contribution < -0.4 is 5.32 Å². The van der Waals surface area contributed by atoms with Gasteiger partial charge in [-0.3, -0.25) is 9.59 Å². The zero-order valence-corrected chi connectivity index (χ0v) is 16.7. The van der Waals surface area contributed by atoms with Gasteiger partial charge >= 0.3 is 0 Å². The second-order valence-corrected chi connectivity index (χ2v) is 8.45. The fraction of sp³-hybridized carbons (Fsp3) is 0.0455. The summed E-state index contributed by atoms with van der Waals surface area (Å²) < 4.78 is 14.7. The van der Waals surface area contributed by atoms with Crippen LogP contribution in [0.4, 0.5) is 10.1 Å². The molecule has 0 aliphatic carbocycles. The number of ketones is 1. The van der Waals surface area contributed by atoms with E-state index in [1.807, 2.05) is 30.3 Å². The number of carbonyl (C=O) groups is 2. The molecule has 0 aliphatic rings. The molecular weight excluding hydrogens is 407 g/mol. The predicted octanol–water partition coefficient (Wildman–Crippen LogP) is 5.66. The second kappa shape index (κ2) is 8.55. The van der Waals surface area contributed by atoms with Gasteiger partial charge in [-0.1, -0.05) is 42.1 Å². The third kappa shape index (κ3) is 4.70. The molecule has 4 aromatic rings. The van der Waals surface area contributed by atoms with Crippen LogP contribution in [0.2, 0.25) is 0 Å². The Morgan fingerprint density at radius 2 is 1.72 bits per heavy atom. The normalized spacial score (nSPS) is 10.8. The van der Waals surface area contributed by atoms with Crippen LogP contribution in [0.15, 0.2) is 77.1 Å². The molecule has 1 amide bonds. The highest BCUT2D eigenvalue weighted by Gasteiger charge is 2.11. The standard InChI is InChI=1S/C22H15FN2O2S2/c23-16-8-6-15(7-9-16)21(27)24-17-10-11-18-20(12-17)29-22(25-18)28-13-19(26)14-4-2-1-3-5-14/h1-12H,13H2,(H,24,27). The quantitative estimate of drug-likeness (QED) is 0.322. The van der Waals surface area contributed by atoms with E-state index >= 15 is 0 Å². The van der Waals surface area contributed by atoms with Crippen molar-refractivity contribution in [2.45, 2.75) is 4.34 Å². The molecule has 0 saturated heterocycles. The summed E-state index contributed by atoms with van der Waals surface area (Å²) in [5.74, 6) is -0.319. The SMILES string of the molecule is O=C(CSc1nc2ccc(NC(=O)c3ccc(F)cc3)cc2s1)c1ccccc1. The Morgan fingerprint density at radius 1 is 0.966 bits per heavy atom. The molecule has 1 heterocycles. The molecule has 29 heavy (non-hydrogen) atoms. The van der Waals surface area contributed by atoms with E-state index < -0.39 is 0 Å². The average molecular weight is 423 g/mol. The van der Waals surface area contributed by atoms with Gasteiger partial charge in [-0.2, -0.15) is 0 Å². The summed E-state index contributed by atoms with van der Waals surface area (Å²) in [6.45, 7) is 0. The molecule has 144 valence electrons. The molecule has 0 saturated carbocycles. The number of anilines is 1. The van der Waals surface area contributed by atoms with Gasteiger partial charge in [0.2, 0.25) is 0 Å². The lowest BCUT2D eigenvalue weighted by molar-refractivity contribution is 0.101. The van der Waals surface area contributed by atoms with Crippen molar-refractivity contribution < 1.29 is 14.0 Å². The number of halogens is 1. The Kier molecular flexibility index (Phi) is 5.69. The molecule has 0 fully saturated rings. The van der Waals surface area contributed by atoms with Crippen molar-refractivity contribution >= 4 is 50.7 Å². The van der Waals surface area contributed by atoms with E-state index in [2.05, 4.69) is 10.3 Å². The van der Waals surface area contributed by atoms with Crippen LogP contribution in [-0.4, -0.2) is 22.4 Å². The number of thiazole rings is 1. The molecule has 7 heteroatoms. The first kappa shape index (κ1) is 19.3. The first-order valence-electron chi connectivity index (χ1n) is 8.77. The summed E-state index contributed by atoms with van der Waals surface area (Å²) in [5.41, 5.74) is 2.51. The number of nitrogens with zero attached hydrogens (tertiary/aromatic N) is 1. The number of nitrogens with one attached hydrogen (secondary N) is 1. The van der Waals surface area contributed by atoms with E-state index in [0.717, 1.165) is 14.6 Å². The molecular formula is C22H15FN2O2S2. The van der Waals surface area contributed by atoms with Gasteiger partial charge in [0.1, 0.15) is 5.82 Å². The summed E-state index contributed by atoms with van der Waals surface area (Å²) >= 11 is 2.87. The summed E-state index contributed by atoms with van der Waals surface area (Å²) in [6, 6.07) is 20.0. The molecule has 0 spiro atoms. The number of hydrogen-bond donors (Lipinski definition) is 1. The van der Waals surface area contributed by atoms with Crippen molar-refractivity contribution in [2.75, 3.05) is 11.1 Å². The highest BCUT2D eigenvalue weighted by atomic mass is 32.2. The number of amides is 1. The van der Waals surface area contributed by atoms with Gasteiger partial charge in [0.05, 0.1) is 16.0 Å². The molecule has 0 unspecified atom stereocenters. The Morgan fingerprint density at radius 3 is 2.48 bits per heavy atom. The molecule has 4 nitrogen and oxygen atoms in total. The minimum absolute atomic E-state index is 0.0575. The molecule has 4 rings (SSSR count). The Bertz CT molecular complexity index is 1170. The van der Waals surface area contributed by atoms with E-state index in [0.29, 0.717) is 22.6 Å². The van der Waals surface area contributed by atoms with Crippen molar-refractivity contribution in [2.24, 2.45) is 0 Å². The van der Waals surface area contributed by atoms with Crippen molar-refractivity contribution in [3.05, 3.63) is 89.7 Å². The largest absolute Gasteiger partial charge is 0.322 e. The summed E-state index contributed by atoms with van der Waals surface area (Å²) in [5, 5.41) is 2.81. The van der Waals surface area contributed by atoms with Crippen molar-refractivity contribution in [3.8, 4) is 0 Å². The summed E-state index contributed by atoms with van der Waals surface area (Å²) in [4.78, 5) is 29.1. The minimum atomic E-state index is -0.386. The van der Waals surface area contributed by atoms with Gasteiger partial charge in [-0.15, -0.1) is 11.3 Å². The molecule has 1 aromatic heterocycles. The maximum atomic E-state index is 13.0. The fourth-order valence-corrected chi connectivity index (χ4v) is 4.68. The van der Waals surface area contributed by atoms with E-state index in [1.54, 1.807) is 18.2 Å². The van der Waals surface area contributed by atoms with Gasteiger partial charge in [0.15, 0.2) is 10.1 Å². The Labute approximate surface area is 174 Å². The van der Waals surface area contributed by atoms with Crippen LogP contribution in [-0.2, 0) is 0 Å². The molecule has 0 radical (unpaired) electrons. The van der Waals surface area contributed by atoms with Crippen LogP contribution >= 0.6 is 23.1 Å². The van der Waals surface area contributed by atoms with E-state index in [-0.39, 0.29) is 17.5 Å². The number of rotatable bonds is 6. The zero-order valence-electron chi connectivity index (χ0n) is 15.1. The lowest BCUT2D eigenvalue weighted by Crippen LogP contribution is -2.11. The van der Waals surface area contributed by atoms with Crippen LogP contribution in [0.3, 0.4) is 0 Å². The number of fused-ring (bicyclic) bond motifs is 1. The van der Waals surface area contributed by atoms with E-state index in [4.69, 9.17) is 0 Å². The number of Topliss-reactive ketones (excluding diaryl/α,β-unsaturated/α-hetero) is 1. The first-order valence-corrected chi connectivity index (χ1v) is 10.6. The van der Waals surface area contributed by atoms with Gasteiger partial charge in [-0.05, 0) is 42.5 Å². The topological polar surface area (TPSA) is 59.1 Å². The average Bonchev–Trinajstić information content (AvgIpc) is 3.15. The number of aromatic nitrogens is 1. The highest BCUT2D eigenvalue weighted by molar-refractivity contribution is 8.01. The number of hydrogen-bond acceptors (Lipinski definition) is 5.